The average Bonchev–Trinajstić information content (AvgIpc) is 2.35. The molecule has 0 radical (unpaired) electrons. The van der Waals surface area contributed by atoms with E-state index < -0.39 is 6.10 Å². The Hall–Kier alpha value is -0.900. The third-order valence-corrected chi connectivity index (χ3v) is 2.92. The number of nitrogens with one attached hydrogen (secondary N) is 1. The molecule has 0 spiro atoms. The lowest BCUT2D eigenvalue weighted by Crippen LogP contribution is -2.35. The molecule has 0 aliphatic carbocycles. The molecule has 0 saturated heterocycles. The fraction of sp³-hybridized carbons (Fsp3) is 0.571. The Kier molecular flexibility index (Phi) is 6.19. The molecule has 2 N–H and O–H groups in total. The summed E-state index contributed by atoms with van der Waals surface area (Å²) in [4.78, 5) is 0. The van der Waals surface area contributed by atoms with Gasteiger partial charge in [0.25, 0.3) is 0 Å². The van der Waals surface area contributed by atoms with Crippen LogP contribution in [0, 0.1) is 6.92 Å². The Balaban J connectivity index is 2.43. The molecule has 0 bridgehead atoms. The van der Waals surface area contributed by atoms with Crippen molar-refractivity contribution in [1.29, 1.82) is 0 Å². The van der Waals surface area contributed by atoms with Crippen LogP contribution in [0.15, 0.2) is 24.3 Å². The molecular formula is C14H23NO2. The van der Waals surface area contributed by atoms with E-state index in [0.29, 0.717) is 19.2 Å². The number of hydrogen-bond acceptors (Lipinski definition) is 3. The van der Waals surface area contributed by atoms with Crippen molar-refractivity contribution < 1.29 is 9.84 Å². The molecule has 17 heavy (non-hydrogen) atoms. The third kappa shape index (κ3) is 4.86. The zero-order valence-corrected chi connectivity index (χ0v) is 10.9. The smallest absolute Gasteiger partial charge is 0.0914 e. The summed E-state index contributed by atoms with van der Waals surface area (Å²) in [5.41, 5.74) is 2.16. The second-order valence-corrected chi connectivity index (χ2v) is 4.40. The van der Waals surface area contributed by atoms with E-state index >= 15 is 0 Å². The van der Waals surface area contributed by atoms with Crippen LogP contribution in [-0.2, 0) is 4.74 Å². The Labute approximate surface area is 104 Å². The van der Waals surface area contributed by atoms with Crippen molar-refractivity contribution in [2.75, 3.05) is 20.3 Å². The van der Waals surface area contributed by atoms with Crippen LogP contribution in [0.2, 0.25) is 0 Å². The average molecular weight is 237 g/mol. The minimum Gasteiger partial charge on any atom is -0.387 e. The molecule has 0 amide bonds. The summed E-state index contributed by atoms with van der Waals surface area (Å²) >= 11 is 0. The van der Waals surface area contributed by atoms with Crippen molar-refractivity contribution in [3.05, 3.63) is 35.4 Å². The number of aryl methyl sites for hydroxylation is 1. The second kappa shape index (κ2) is 7.43. The maximum Gasteiger partial charge on any atom is 0.0914 e. The number of aliphatic hydroxyl groups is 1. The van der Waals surface area contributed by atoms with Gasteiger partial charge in [0.2, 0.25) is 0 Å². The molecule has 0 fully saturated rings. The van der Waals surface area contributed by atoms with Crippen LogP contribution >= 0.6 is 0 Å². The van der Waals surface area contributed by atoms with Crippen LogP contribution in [0.5, 0.6) is 0 Å². The highest BCUT2D eigenvalue weighted by Crippen LogP contribution is 2.12. The van der Waals surface area contributed by atoms with Gasteiger partial charge in [-0.25, -0.2) is 0 Å². The van der Waals surface area contributed by atoms with Crippen molar-refractivity contribution in [1.82, 2.24) is 5.32 Å². The summed E-state index contributed by atoms with van der Waals surface area (Å²) in [6.45, 7) is 5.39. The van der Waals surface area contributed by atoms with E-state index in [0.717, 1.165) is 12.0 Å². The summed E-state index contributed by atoms with van der Waals surface area (Å²) in [6.07, 6.45) is 0.538. The molecule has 2 unspecified atom stereocenters. The summed E-state index contributed by atoms with van der Waals surface area (Å²) in [5, 5.41) is 13.3. The normalized spacial score (nSPS) is 14.6. The number of methoxy groups -OCH3 is 1. The third-order valence-electron chi connectivity index (χ3n) is 2.92. The van der Waals surface area contributed by atoms with Gasteiger partial charge in [-0.2, -0.15) is 0 Å². The quantitative estimate of drug-likeness (QED) is 0.762. The molecule has 1 aromatic rings. The zero-order chi connectivity index (χ0) is 12.7. The van der Waals surface area contributed by atoms with Crippen molar-refractivity contribution in [3.8, 4) is 0 Å². The summed E-state index contributed by atoms with van der Waals surface area (Å²) in [7, 11) is 1.70. The first kappa shape index (κ1) is 14.2. The van der Waals surface area contributed by atoms with Crippen LogP contribution in [0.25, 0.3) is 0 Å². The maximum absolute atomic E-state index is 10.0. The number of benzene rings is 1. The number of aliphatic hydroxyl groups excluding tert-OH is 1. The van der Waals surface area contributed by atoms with Crippen molar-refractivity contribution in [2.24, 2.45) is 0 Å². The molecule has 3 nitrogen and oxygen atoms in total. The highest BCUT2D eigenvalue weighted by atomic mass is 16.5. The zero-order valence-electron chi connectivity index (χ0n) is 10.9. The van der Waals surface area contributed by atoms with Gasteiger partial charge in [0.15, 0.2) is 0 Å². The first-order valence-corrected chi connectivity index (χ1v) is 6.14. The van der Waals surface area contributed by atoms with E-state index in [-0.39, 0.29) is 0 Å². The van der Waals surface area contributed by atoms with Gasteiger partial charge in [0, 0.05) is 19.7 Å². The van der Waals surface area contributed by atoms with Crippen molar-refractivity contribution in [2.45, 2.75) is 32.4 Å². The van der Waals surface area contributed by atoms with E-state index in [1.54, 1.807) is 7.11 Å². The monoisotopic (exact) mass is 237 g/mol. The van der Waals surface area contributed by atoms with Gasteiger partial charge in [0.1, 0.15) is 0 Å². The van der Waals surface area contributed by atoms with Crippen LogP contribution in [0.1, 0.15) is 30.6 Å². The Bertz CT molecular complexity index is 311. The summed E-state index contributed by atoms with van der Waals surface area (Å²) in [6, 6.07) is 8.29. The van der Waals surface area contributed by atoms with Crippen LogP contribution in [0.3, 0.4) is 0 Å². The number of hydrogen-bond donors (Lipinski definition) is 2. The largest absolute Gasteiger partial charge is 0.387 e. The van der Waals surface area contributed by atoms with E-state index in [1.807, 2.05) is 31.2 Å². The SMILES string of the molecule is CCC(COC)NCC(O)c1ccc(C)cc1. The molecule has 1 aromatic carbocycles. The maximum atomic E-state index is 10.0. The lowest BCUT2D eigenvalue weighted by molar-refractivity contribution is 0.137. The molecule has 2 atom stereocenters. The van der Waals surface area contributed by atoms with Gasteiger partial charge in [-0.3, -0.25) is 0 Å². The van der Waals surface area contributed by atoms with E-state index in [2.05, 4.69) is 12.2 Å². The van der Waals surface area contributed by atoms with Gasteiger partial charge >= 0.3 is 0 Å². The molecule has 0 saturated carbocycles. The number of ether oxygens (including phenoxy) is 1. The molecule has 3 heteroatoms. The Morgan fingerprint density at radius 3 is 2.47 bits per heavy atom. The van der Waals surface area contributed by atoms with E-state index in [4.69, 9.17) is 4.74 Å². The Morgan fingerprint density at radius 1 is 1.29 bits per heavy atom. The highest BCUT2D eigenvalue weighted by molar-refractivity contribution is 5.23. The Morgan fingerprint density at radius 2 is 1.94 bits per heavy atom. The van der Waals surface area contributed by atoms with Crippen molar-refractivity contribution in [3.63, 3.8) is 0 Å². The molecular weight excluding hydrogens is 214 g/mol. The van der Waals surface area contributed by atoms with Crippen LogP contribution in [0.4, 0.5) is 0 Å². The van der Waals surface area contributed by atoms with Gasteiger partial charge < -0.3 is 15.2 Å². The molecule has 0 aromatic heterocycles. The van der Waals surface area contributed by atoms with E-state index in [1.165, 1.54) is 5.56 Å². The minimum absolute atomic E-state index is 0.306. The van der Waals surface area contributed by atoms with Crippen molar-refractivity contribution >= 4 is 0 Å². The minimum atomic E-state index is -0.457. The molecule has 1 rings (SSSR count). The van der Waals surface area contributed by atoms with Gasteiger partial charge in [-0.15, -0.1) is 0 Å². The van der Waals surface area contributed by atoms with Gasteiger partial charge in [0.05, 0.1) is 12.7 Å². The van der Waals surface area contributed by atoms with Crippen LogP contribution < -0.4 is 5.32 Å². The second-order valence-electron chi connectivity index (χ2n) is 4.40. The summed E-state index contributed by atoms with van der Waals surface area (Å²) < 4.78 is 5.10. The predicted molar refractivity (Wildman–Crippen MR) is 70.1 cm³/mol. The lowest BCUT2D eigenvalue weighted by atomic mass is 10.1. The topological polar surface area (TPSA) is 41.5 Å². The molecule has 96 valence electrons. The number of rotatable bonds is 7. The fourth-order valence-corrected chi connectivity index (χ4v) is 1.71. The highest BCUT2D eigenvalue weighted by Gasteiger charge is 2.10. The fourth-order valence-electron chi connectivity index (χ4n) is 1.71. The first-order chi connectivity index (χ1) is 8.17. The van der Waals surface area contributed by atoms with Crippen LogP contribution in [-0.4, -0.2) is 31.4 Å². The van der Waals surface area contributed by atoms with Gasteiger partial charge in [-0.05, 0) is 18.9 Å². The summed E-state index contributed by atoms with van der Waals surface area (Å²) in [5.74, 6) is 0. The van der Waals surface area contributed by atoms with E-state index in [9.17, 15) is 5.11 Å². The predicted octanol–water partition coefficient (Wildman–Crippen LogP) is 2.04. The standard InChI is InChI=1S/C14H23NO2/c1-4-13(10-17-3)15-9-14(16)12-7-5-11(2)6-8-12/h5-8,13-16H,4,9-10H2,1-3H3. The molecule has 0 aliphatic heterocycles. The first-order valence-electron chi connectivity index (χ1n) is 6.14. The molecule has 0 aliphatic rings. The lowest BCUT2D eigenvalue weighted by Gasteiger charge is -2.19. The van der Waals surface area contributed by atoms with Gasteiger partial charge in [-0.1, -0.05) is 36.8 Å². The molecule has 0 heterocycles.